The molecule has 9 nitrogen and oxygen atoms in total. The van der Waals surface area contributed by atoms with Crippen LogP contribution in [0.3, 0.4) is 0 Å². The number of anilines is 2. The van der Waals surface area contributed by atoms with Crippen molar-refractivity contribution in [2.24, 2.45) is 0 Å². The van der Waals surface area contributed by atoms with Gasteiger partial charge in [0.05, 0.1) is 25.1 Å². The molecular formula is C24H22F3N7O2. The highest BCUT2D eigenvalue weighted by Crippen LogP contribution is 2.45. The zero-order valence-corrected chi connectivity index (χ0v) is 19.4. The molecule has 0 unspecified atom stereocenters. The molecule has 0 radical (unpaired) electrons. The summed E-state index contributed by atoms with van der Waals surface area (Å²) in [6, 6.07) is 7.66. The highest BCUT2D eigenvalue weighted by molar-refractivity contribution is 5.69. The van der Waals surface area contributed by atoms with Crippen molar-refractivity contribution < 1.29 is 23.0 Å². The van der Waals surface area contributed by atoms with Crippen molar-refractivity contribution in [1.82, 2.24) is 29.7 Å². The number of ether oxygens (including phenoxy) is 1. The number of aromatic nitrogens is 6. The van der Waals surface area contributed by atoms with Crippen molar-refractivity contribution >= 4 is 11.5 Å². The first-order valence-corrected chi connectivity index (χ1v) is 11.2. The fourth-order valence-electron chi connectivity index (χ4n) is 3.86. The Kier molecular flexibility index (Phi) is 6.04. The summed E-state index contributed by atoms with van der Waals surface area (Å²) in [7, 11) is 1.52. The first kappa shape index (κ1) is 23.7. The van der Waals surface area contributed by atoms with Gasteiger partial charge in [0.15, 0.2) is 11.5 Å². The van der Waals surface area contributed by atoms with Gasteiger partial charge in [0.1, 0.15) is 17.7 Å². The second kappa shape index (κ2) is 9.19. The normalized spacial score (nSPS) is 13.6. The van der Waals surface area contributed by atoms with Crippen molar-refractivity contribution in [3.05, 3.63) is 65.5 Å². The van der Waals surface area contributed by atoms with Crippen LogP contribution in [0.2, 0.25) is 0 Å². The predicted octanol–water partition coefficient (Wildman–Crippen LogP) is 4.57. The molecule has 1 fully saturated rings. The van der Waals surface area contributed by atoms with Gasteiger partial charge >= 0.3 is 6.18 Å². The number of aliphatic hydroxyl groups is 1. The van der Waals surface area contributed by atoms with Crippen molar-refractivity contribution in [1.29, 1.82) is 0 Å². The number of aliphatic hydroxyl groups excluding tert-OH is 1. The van der Waals surface area contributed by atoms with Crippen LogP contribution in [0.4, 0.5) is 24.7 Å². The monoisotopic (exact) mass is 497 g/mol. The molecule has 3 heterocycles. The van der Waals surface area contributed by atoms with Gasteiger partial charge in [0.25, 0.3) is 0 Å². The fraction of sp³-hybridized carbons (Fsp3) is 0.292. The third kappa shape index (κ3) is 4.59. The standard InChI is InChI=1S/C24H22F3N7O2/c1-13-9-18(24(25,26)27)33-34(13)17-7-5-16(6-8-17)31-21-15(11-35)10-28-22(32-21)19-20(14-3-4-14)29-12-30-23(19)36-2/h5-10,12,14,35H,3-4,11H2,1-2H3,(H,28,31,32). The number of nitrogens with one attached hydrogen (secondary N) is 1. The highest BCUT2D eigenvalue weighted by atomic mass is 19.4. The molecular weight excluding hydrogens is 475 g/mol. The Bertz CT molecular complexity index is 1400. The molecule has 0 atom stereocenters. The molecule has 186 valence electrons. The van der Waals surface area contributed by atoms with E-state index in [1.807, 2.05) is 0 Å². The molecule has 36 heavy (non-hydrogen) atoms. The summed E-state index contributed by atoms with van der Waals surface area (Å²) < 4.78 is 45.7. The van der Waals surface area contributed by atoms with E-state index in [-0.39, 0.29) is 6.61 Å². The number of rotatable bonds is 7. The minimum atomic E-state index is -4.52. The Hall–Kier alpha value is -4.06. The second-order valence-electron chi connectivity index (χ2n) is 8.40. The maximum atomic E-state index is 13.0. The summed E-state index contributed by atoms with van der Waals surface area (Å²) in [6.07, 6.45) is 0.486. The predicted molar refractivity (Wildman–Crippen MR) is 124 cm³/mol. The van der Waals surface area contributed by atoms with E-state index in [1.54, 1.807) is 31.2 Å². The van der Waals surface area contributed by atoms with E-state index in [2.05, 4.69) is 30.4 Å². The number of halogens is 3. The third-order valence-electron chi connectivity index (χ3n) is 5.81. The Morgan fingerprint density at radius 2 is 1.89 bits per heavy atom. The van der Waals surface area contributed by atoms with Gasteiger partial charge in [-0.05, 0) is 50.1 Å². The maximum Gasteiger partial charge on any atom is 0.435 e. The minimum Gasteiger partial charge on any atom is -0.480 e. The number of nitrogens with zero attached hydrogens (tertiary/aromatic N) is 6. The summed E-state index contributed by atoms with van der Waals surface area (Å²) in [6.45, 7) is 1.26. The molecule has 2 N–H and O–H groups in total. The van der Waals surface area contributed by atoms with Gasteiger partial charge in [0, 0.05) is 29.1 Å². The van der Waals surface area contributed by atoms with Gasteiger partial charge < -0.3 is 15.2 Å². The Morgan fingerprint density at radius 1 is 1.14 bits per heavy atom. The summed E-state index contributed by atoms with van der Waals surface area (Å²) in [5.74, 6) is 1.40. The molecule has 12 heteroatoms. The largest absolute Gasteiger partial charge is 0.480 e. The average Bonchev–Trinajstić information content (AvgIpc) is 3.64. The molecule has 0 amide bonds. The molecule has 3 aromatic heterocycles. The number of alkyl halides is 3. The summed E-state index contributed by atoms with van der Waals surface area (Å²) in [5.41, 5.74) is 2.38. The fourth-order valence-corrected chi connectivity index (χ4v) is 3.86. The van der Waals surface area contributed by atoms with E-state index in [0.29, 0.717) is 51.6 Å². The first-order chi connectivity index (χ1) is 17.3. The van der Waals surface area contributed by atoms with E-state index < -0.39 is 11.9 Å². The van der Waals surface area contributed by atoms with Crippen molar-refractivity contribution in [2.45, 2.75) is 38.5 Å². The van der Waals surface area contributed by atoms with Crippen LogP contribution in [0.5, 0.6) is 5.88 Å². The number of methoxy groups -OCH3 is 1. The van der Waals surface area contributed by atoms with Gasteiger partial charge in [-0.2, -0.15) is 18.3 Å². The van der Waals surface area contributed by atoms with Crippen molar-refractivity contribution in [2.75, 3.05) is 12.4 Å². The van der Waals surface area contributed by atoms with Gasteiger partial charge in [-0.1, -0.05) is 0 Å². The van der Waals surface area contributed by atoms with Crippen LogP contribution in [0.25, 0.3) is 17.1 Å². The molecule has 4 aromatic rings. The van der Waals surface area contributed by atoms with E-state index in [9.17, 15) is 18.3 Å². The second-order valence-corrected chi connectivity index (χ2v) is 8.40. The summed E-state index contributed by atoms with van der Waals surface area (Å²) >= 11 is 0. The van der Waals surface area contributed by atoms with Crippen LogP contribution in [0, 0.1) is 6.92 Å². The van der Waals surface area contributed by atoms with E-state index in [4.69, 9.17) is 4.74 Å². The lowest BCUT2D eigenvalue weighted by atomic mass is 10.1. The molecule has 0 spiro atoms. The van der Waals surface area contributed by atoms with Crippen LogP contribution in [-0.2, 0) is 12.8 Å². The Morgan fingerprint density at radius 3 is 2.50 bits per heavy atom. The van der Waals surface area contributed by atoms with Gasteiger partial charge in [-0.15, -0.1) is 0 Å². The smallest absolute Gasteiger partial charge is 0.435 e. The molecule has 0 bridgehead atoms. The summed E-state index contributed by atoms with van der Waals surface area (Å²) in [5, 5.41) is 16.7. The van der Waals surface area contributed by atoms with E-state index in [0.717, 1.165) is 24.6 Å². The molecule has 1 aliphatic carbocycles. The van der Waals surface area contributed by atoms with Gasteiger partial charge in [-0.25, -0.2) is 24.6 Å². The van der Waals surface area contributed by atoms with Crippen LogP contribution in [0.15, 0.2) is 42.9 Å². The molecule has 1 aliphatic rings. The number of benzene rings is 1. The van der Waals surface area contributed by atoms with Crippen molar-refractivity contribution in [3.63, 3.8) is 0 Å². The molecule has 5 rings (SSSR count). The zero-order valence-electron chi connectivity index (χ0n) is 19.4. The highest BCUT2D eigenvalue weighted by Gasteiger charge is 2.34. The van der Waals surface area contributed by atoms with Crippen LogP contribution >= 0.6 is 0 Å². The van der Waals surface area contributed by atoms with Crippen LogP contribution in [0.1, 0.15) is 41.4 Å². The van der Waals surface area contributed by atoms with Crippen molar-refractivity contribution in [3.8, 4) is 23.0 Å². The Labute approximate surface area is 204 Å². The topological polar surface area (TPSA) is 111 Å². The Balaban J connectivity index is 1.46. The molecule has 0 saturated heterocycles. The quantitative estimate of drug-likeness (QED) is 0.382. The first-order valence-electron chi connectivity index (χ1n) is 11.2. The lowest BCUT2D eigenvalue weighted by Crippen LogP contribution is -2.07. The van der Waals surface area contributed by atoms with Gasteiger partial charge in [0.2, 0.25) is 5.88 Å². The maximum absolute atomic E-state index is 13.0. The van der Waals surface area contributed by atoms with E-state index in [1.165, 1.54) is 24.3 Å². The number of hydrogen-bond donors (Lipinski definition) is 2. The van der Waals surface area contributed by atoms with Crippen LogP contribution in [-0.4, -0.2) is 41.9 Å². The SMILES string of the molecule is COc1ncnc(C2CC2)c1-c1ncc(CO)c(Nc2ccc(-n3nc(C(F)(F)F)cc3C)cc2)n1. The summed E-state index contributed by atoms with van der Waals surface area (Å²) in [4.78, 5) is 17.7. The minimum absolute atomic E-state index is 0.297. The van der Waals surface area contributed by atoms with Crippen LogP contribution < -0.4 is 10.1 Å². The van der Waals surface area contributed by atoms with E-state index >= 15 is 0 Å². The number of hydrogen-bond acceptors (Lipinski definition) is 8. The lowest BCUT2D eigenvalue weighted by Gasteiger charge is -2.14. The van der Waals surface area contributed by atoms with Gasteiger partial charge in [-0.3, -0.25) is 0 Å². The third-order valence-corrected chi connectivity index (χ3v) is 5.81. The number of aryl methyl sites for hydroxylation is 1. The molecule has 0 aliphatic heterocycles. The molecule has 1 saturated carbocycles. The zero-order chi connectivity index (χ0) is 25.4. The lowest BCUT2D eigenvalue weighted by molar-refractivity contribution is -0.141. The average molecular weight is 497 g/mol. The molecule has 1 aromatic carbocycles.